The molecule has 1 atom stereocenters. The minimum absolute atomic E-state index is 0.0940. The van der Waals surface area contributed by atoms with Gasteiger partial charge in [-0.25, -0.2) is 23.1 Å². The molecule has 2 heterocycles. The molecule has 0 saturated carbocycles. The Morgan fingerprint density at radius 1 is 1.10 bits per heavy atom. The maximum atomic E-state index is 12.9. The molecule has 3 rings (SSSR count). The molecule has 30 heavy (non-hydrogen) atoms. The zero-order chi connectivity index (χ0) is 21.9. The second kappa shape index (κ2) is 9.09. The summed E-state index contributed by atoms with van der Waals surface area (Å²) in [6.07, 6.45) is 0.704. The van der Waals surface area contributed by atoms with Crippen molar-refractivity contribution in [3.05, 3.63) is 47.4 Å². The summed E-state index contributed by atoms with van der Waals surface area (Å²) in [7, 11) is -3.58. The lowest BCUT2D eigenvalue weighted by Gasteiger charge is -2.35. The summed E-state index contributed by atoms with van der Waals surface area (Å²) in [5.74, 6) is 1.53. The van der Waals surface area contributed by atoms with E-state index < -0.39 is 10.0 Å². The lowest BCUT2D eigenvalue weighted by molar-refractivity contribution is 0.0746. The second-order valence-electron chi connectivity index (χ2n) is 7.65. The van der Waals surface area contributed by atoms with E-state index in [0.717, 1.165) is 17.3 Å². The highest BCUT2D eigenvalue weighted by molar-refractivity contribution is 7.89. The average Bonchev–Trinajstić information content (AvgIpc) is 2.72. The van der Waals surface area contributed by atoms with Gasteiger partial charge in [0.25, 0.3) is 5.91 Å². The Morgan fingerprint density at radius 2 is 1.73 bits per heavy atom. The van der Waals surface area contributed by atoms with Gasteiger partial charge in [-0.05, 0) is 51.5 Å². The standard InChI is InChI=1S/C21H29N5O3S/c1-5-15(2)24-30(28,29)19-8-6-18(7-9-19)21(27)26-12-10-25(11-13-26)20-14-16(3)22-17(4)23-20/h6-9,14-15,24H,5,10-13H2,1-4H3. The Hall–Kier alpha value is -2.52. The number of hydrogen-bond donors (Lipinski definition) is 1. The minimum atomic E-state index is -3.58. The lowest BCUT2D eigenvalue weighted by atomic mass is 10.2. The van der Waals surface area contributed by atoms with E-state index >= 15 is 0 Å². The second-order valence-corrected chi connectivity index (χ2v) is 9.36. The molecule has 1 N–H and O–H groups in total. The van der Waals surface area contributed by atoms with Crippen molar-refractivity contribution in [2.24, 2.45) is 0 Å². The van der Waals surface area contributed by atoms with E-state index in [2.05, 4.69) is 19.6 Å². The molecular formula is C21H29N5O3S. The molecule has 0 bridgehead atoms. The highest BCUT2D eigenvalue weighted by atomic mass is 32.2. The monoisotopic (exact) mass is 431 g/mol. The number of piperazine rings is 1. The smallest absolute Gasteiger partial charge is 0.253 e. The van der Waals surface area contributed by atoms with Crippen molar-refractivity contribution in [2.75, 3.05) is 31.1 Å². The number of aryl methyl sites for hydroxylation is 2. The van der Waals surface area contributed by atoms with Gasteiger partial charge in [0.05, 0.1) is 4.90 Å². The van der Waals surface area contributed by atoms with Crippen molar-refractivity contribution in [2.45, 2.75) is 45.1 Å². The maximum Gasteiger partial charge on any atom is 0.253 e. The van der Waals surface area contributed by atoms with Crippen LogP contribution in [-0.2, 0) is 10.0 Å². The van der Waals surface area contributed by atoms with Gasteiger partial charge in [0, 0.05) is 49.5 Å². The Bertz CT molecular complexity index is 980. The molecule has 0 radical (unpaired) electrons. The lowest BCUT2D eigenvalue weighted by Crippen LogP contribution is -2.49. The molecule has 8 nitrogen and oxygen atoms in total. The molecule has 9 heteroatoms. The number of amides is 1. The molecule has 162 valence electrons. The van der Waals surface area contributed by atoms with Crippen LogP contribution in [0, 0.1) is 13.8 Å². The largest absolute Gasteiger partial charge is 0.353 e. The van der Waals surface area contributed by atoms with E-state index in [-0.39, 0.29) is 16.8 Å². The average molecular weight is 432 g/mol. The van der Waals surface area contributed by atoms with Crippen molar-refractivity contribution in [1.82, 2.24) is 19.6 Å². The van der Waals surface area contributed by atoms with Crippen molar-refractivity contribution in [3.8, 4) is 0 Å². The van der Waals surface area contributed by atoms with Gasteiger partial charge < -0.3 is 9.80 Å². The molecule has 1 aromatic carbocycles. The molecule has 2 aromatic rings. The zero-order valence-corrected chi connectivity index (χ0v) is 18.7. The molecule has 1 unspecified atom stereocenters. The highest BCUT2D eigenvalue weighted by Gasteiger charge is 2.24. The Kier molecular flexibility index (Phi) is 6.72. The number of rotatable bonds is 6. The Balaban J connectivity index is 1.64. The molecule has 0 aliphatic carbocycles. The van der Waals surface area contributed by atoms with Crippen LogP contribution in [0.15, 0.2) is 35.2 Å². The SMILES string of the molecule is CCC(C)NS(=O)(=O)c1ccc(C(=O)N2CCN(c3cc(C)nc(C)n3)CC2)cc1. The number of hydrogen-bond acceptors (Lipinski definition) is 6. The van der Waals surface area contributed by atoms with Crippen LogP contribution in [0.2, 0.25) is 0 Å². The van der Waals surface area contributed by atoms with Crippen LogP contribution in [0.3, 0.4) is 0 Å². The first kappa shape index (κ1) is 22.2. The molecular weight excluding hydrogens is 402 g/mol. The fourth-order valence-corrected chi connectivity index (χ4v) is 4.70. The first-order valence-electron chi connectivity index (χ1n) is 10.2. The number of carbonyl (C=O) groups is 1. The van der Waals surface area contributed by atoms with Crippen molar-refractivity contribution in [1.29, 1.82) is 0 Å². The first-order valence-corrected chi connectivity index (χ1v) is 11.7. The minimum Gasteiger partial charge on any atom is -0.353 e. The van der Waals surface area contributed by atoms with Crippen LogP contribution in [0.1, 0.15) is 42.1 Å². The Labute approximate surface area is 178 Å². The zero-order valence-electron chi connectivity index (χ0n) is 17.9. The highest BCUT2D eigenvalue weighted by Crippen LogP contribution is 2.18. The molecule has 1 aliphatic rings. The van der Waals surface area contributed by atoms with Crippen LogP contribution in [0.5, 0.6) is 0 Å². The third-order valence-corrected chi connectivity index (χ3v) is 6.83. The summed E-state index contributed by atoms with van der Waals surface area (Å²) in [6.45, 7) is 10.1. The maximum absolute atomic E-state index is 12.9. The summed E-state index contributed by atoms with van der Waals surface area (Å²) in [5, 5.41) is 0. The molecule has 1 fully saturated rings. The fraction of sp³-hybridized carbons (Fsp3) is 0.476. The van der Waals surface area contributed by atoms with Gasteiger partial charge in [-0.1, -0.05) is 6.92 Å². The summed E-state index contributed by atoms with van der Waals surface area (Å²) >= 11 is 0. The van der Waals surface area contributed by atoms with Crippen LogP contribution in [0.4, 0.5) is 5.82 Å². The van der Waals surface area contributed by atoms with Gasteiger partial charge in [-0.2, -0.15) is 0 Å². The number of nitrogens with one attached hydrogen (secondary N) is 1. The van der Waals surface area contributed by atoms with E-state index in [4.69, 9.17) is 0 Å². The van der Waals surface area contributed by atoms with Gasteiger partial charge in [-0.3, -0.25) is 4.79 Å². The third-order valence-electron chi connectivity index (χ3n) is 5.22. The van der Waals surface area contributed by atoms with Crippen LogP contribution < -0.4 is 9.62 Å². The molecule has 1 amide bonds. The van der Waals surface area contributed by atoms with Crippen LogP contribution in [-0.4, -0.2) is 61.4 Å². The summed E-state index contributed by atoms with van der Waals surface area (Å²) in [4.78, 5) is 25.8. The molecule has 0 spiro atoms. The number of sulfonamides is 1. The number of benzene rings is 1. The predicted octanol–water partition coefficient (Wildman–Crippen LogP) is 2.13. The van der Waals surface area contributed by atoms with Gasteiger partial charge >= 0.3 is 0 Å². The number of anilines is 1. The molecule has 1 aromatic heterocycles. The number of carbonyl (C=O) groups excluding carboxylic acids is 1. The van der Waals surface area contributed by atoms with Gasteiger partial charge in [0.1, 0.15) is 11.6 Å². The predicted molar refractivity (Wildman–Crippen MR) is 116 cm³/mol. The van der Waals surface area contributed by atoms with Crippen LogP contribution in [0.25, 0.3) is 0 Å². The van der Waals surface area contributed by atoms with Crippen molar-refractivity contribution < 1.29 is 13.2 Å². The Morgan fingerprint density at radius 3 is 2.30 bits per heavy atom. The topological polar surface area (TPSA) is 95.5 Å². The van der Waals surface area contributed by atoms with Gasteiger partial charge in [0.15, 0.2) is 0 Å². The molecule has 1 saturated heterocycles. The summed E-state index contributed by atoms with van der Waals surface area (Å²) < 4.78 is 27.4. The van der Waals surface area contributed by atoms with E-state index in [1.165, 1.54) is 12.1 Å². The van der Waals surface area contributed by atoms with Gasteiger partial charge in [-0.15, -0.1) is 0 Å². The van der Waals surface area contributed by atoms with E-state index in [1.54, 1.807) is 17.0 Å². The quantitative estimate of drug-likeness (QED) is 0.753. The van der Waals surface area contributed by atoms with Crippen molar-refractivity contribution in [3.63, 3.8) is 0 Å². The normalized spacial score (nSPS) is 15.9. The molecule has 1 aliphatic heterocycles. The van der Waals surface area contributed by atoms with E-state index in [0.29, 0.717) is 38.2 Å². The number of nitrogens with zero attached hydrogens (tertiary/aromatic N) is 4. The number of aromatic nitrogens is 2. The third kappa shape index (κ3) is 5.14. The first-order chi connectivity index (χ1) is 14.2. The fourth-order valence-electron chi connectivity index (χ4n) is 3.37. The van der Waals surface area contributed by atoms with E-state index in [1.807, 2.05) is 33.8 Å². The van der Waals surface area contributed by atoms with Gasteiger partial charge in [0.2, 0.25) is 10.0 Å². The van der Waals surface area contributed by atoms with Crippen molar-refractivity contribution >= 4 is 21.7 Å². The van der Waals surface area contributed by atoms with E-state index in [9.17, 15) is 13.2 Å². The van der Waals surface area contributed by atoms with Crippen LogP contribution >= 0.6 is 0 Å². The summed E-state index contributed by atoms with van der Waals surface area (Å²) in [6, 6.07) is 7.95. The summed E-state index contributed by atoms with van der Waals surface area (Å²) in [5.41, 5.74) is 1.41.